The minimum Gasteiger partial charge on any atom is -0.468 e. The fourth-order valence-corrected chi connectivity index (χ4v) is 4.40. The lowest BCUT2D eigenvalue weighted by atomic mass is 9.96. The molecule has 8 heteroatoms. The van der Waals surface area contributed by atoms with Crippen molar-refractivity contribution in [3.63, 3.8) is 0 Å². The van der Waals surface area contributed by atoms with E-state index in [2.05, 4.69) is 28.5 Å². The Morgan fingerprint density at radius 3 is 2.37 bits per heavy atom. The van der Waals surface area contributed by atoms with Crippen LogP contribution in [0.25, 0.3) is 0 Å². The second-order valence-corrected chi connectivity index (χ2v) is 7.93. The van der Waals surface area contributed by atoms with E-state index < -0.39 is 0 Å². The third kappa shape index (κ3) is 4.92. The van der Waals surface area contributed by atoms with Gasteiger partial charge in [0.2, 0.25) is 0 Å². The Bertz CT molecular complexity index is 516. The summed E-state index contributed by atoms with van der Waals surface area (Å²) in [7, 11) is 1.42. The first-order valence-corrected chi connectivity index (χ1v) is 10.2. The van der Waals surface area contributed by atoms with Crippen LogP contribution in [0, 0.1) is 5.92 Å². The van der Waals surface area contributed by atoms with Crippen molar-refractivity contribution in [2.24, 2.45) is 5.92 Å². The van der Waals surface area contributed by atoms with Crippen molar-refractivity contribution in [2.75, 3.05) is 66.0 Å². The zero-order valence-electron chi connectivity index (χ0n) is 16.9. The molecule has 0 aliphatic carbocycles. The molecule has 3 aliphatic rings. The number of cyclic esters (lactones) is 1. The van der Waals surface area contributed by atoms with Gasteiger partial charge in [0.15, 0.2) is 6.23 Å². The van der Waals surface area contributed by atoms with Crippen LogP contribution in [0.4, 0.5) is 4.79 Å². The molecular weight excluding hydrogens is 348 g/mol. The number of methoxy groups -OCH3 is 1. The van der Waals surface area contributed by atoms with Crippen molar-refractivity contribution in [3.8, 4) is 0 Å². The number of likely N-dealkylation sites (tertiary alicyclic amines) is 1. The molecule has 0 N–H and O–H groups in total. The number of rotatable bonds is 6. The number of amides is 1. The van der Waals surface area contributed by atoms with E-state index in [0.717, 1.165) is 65.2 Å². The molecule has 3 heterocycles. The summed E-state index contributed by atoms with van der Waals surface area (Å²) in [6.07, 6.45) is 1.94. The van der Waals surface area contributed by atoms with Gasteiger partial charge in [-0.2, -0.15) is 0 Å². The maximum Gasteiger partial charge on any atom is 0.411 e. The highest BCUT2D eigenvalue weighted by atomic mass is 16.6. The van der Waals surface area contributed by atoms with Crippen LogP contribution in [0.15, 0.2) is 0 Å². The lowest BCUT2D eigenvalue weighted by Gasteiger charge is -2.38. The summed E-state index contributed by atoms with van der Waals surface area (Å²) in [6, 6.07) is 0.0638. The fraction of sp³-hybridized carbons (Fsp3) is 0.895. The molecule has 3 rings (SSSR count). The van der Waals surface area contributed by atoms with Gasteiger partial charge in [-0.3, -0.25) is 14.6 Å². The molecule has 0 aromatic carbocycles. The van der Waals surface area contributed by atoms with Crippen LogP contribution < -0.4 is 0 Å². The van der Waals surface area contributed by atoms with Crippen molar-refractivity contribution in [3.05, 3.63) is 0 Å². The Kier molecular flexibility index (Phi) is 6.94. The van der Waals surface area contributed by atoms with Crippen molar-refractivity contribution in [2.45, 2.75) is 39.0 Å². The number of carbonyl (C=O) groups is 2. The third-order valence-electron chi connectivity index (χ3n) is 6.32. The number of piperidine rings is 1. The summed E-state index contributed by atoms with van der Waals surface area (Å²) in [5.41, 5.74) is 0. The summed E-state index contributed by atoms with van der Waals surface area (Å²) in [5, 5.41) is 0. The number of hydrogen-bond donors (Lipinski definition) is 0. The van der Waals surface area contributed by atoms with E-state index in [1.54, 1.807) is 0 Å². The monoisotopic (exact) mass is 382 g/mol. The van der Waals surface area contributed by atoms with Gasteiger partial charge in [0.25, 0.3) is 0 Å². The van der Waals surface area contributed by atoms with Crippen LogP contribution in [-0.2, 0) is 14.3 Å². The van der Waals surface area contributed by atoms with Gasteiger partial charge in [-0.15, -0.1) is 0 Å². The maximum absolute atomic E-state index is 12.5. The van der Waals surface area contributed by atoms with E-state index in [9.17, 15) is 9.59 Å². The molecule has 0 radical (unpaired) electrons. The number of esters is 1. The second-order valence-electron chi connectivity index (χ2n) is 7.93. The summed E-state index contributed by atoms with van der Waals surface area (Å²) in [6.45, 7) is 11.9. The van der Waals surface area contributed by atoms with Crippen LogP contribution in [0.2, 0.25) is 0 Å². The molecule has 0 saturated carbocycles. The topological polar surface area (TPSA) is 65.6 Å². The van der Waals surface area contributed by atoms with E-state index in [1.807, 2.05) is 4.90 Å². The average Bonchev–Trinajstić information content (AvgIpc) is 2.97. The molecule has 0 aromatic rings. The molecule has 0 bridgehead atoms. The lowest BCUT2D eigenvalue weighted by molar-refractivity contribution is -0.142. The number of hydrogen-bond acceptors (Lipinski definition) is 7. The Morgan fingerprint density at radius 1 is 1.11 bits per heavy atom. The van der Waals surface area contributed by atoms with Crippen molar-refractivity contribution >= 4 is 12.1 Å². The van der Waals surface area contributed by atoms with E-state index in [1.165, 1.54) is 7.11 Å². The molecule has 0 aromatic heterocycles. The van der Waals surface area contributed by atoms with Crippen molar-refractivity contribution in [1.29, 1.82) is 0 Å². The smallest absolute Gasteiger partial charge is 0.411 e. The molecule has 154 valence electrons. The van der Waals surface area contributed by atoms with E-state index in [0.29, 0.717) is 12.5 Å². The normalized spacial score (nSPS) is 29.1. The van der Waals surface area contributed by atoms with Gasteiger partial charge >= 0.3 is 12.1 Å². The van der Waals surface area contributed by atoms with Gasteiger partial charge in [0.05, 0.1) is 19.7 Å². The predicted molar refractivity (Wildman–Crippen MR) is 101 cm³/mol. The van der Waals surface area contributed by atoms with Crippen molar-refractivity contribution < 1.29 is 19.1 Å². The van der Waals surface area contributed by atoms with Crippen LogP contribution >= 0.6 is 0 Å². The Labute approximate surface area is 162 Å². The molecule has 1 amide bonds. The largest absolute Gasteiger partial charge is 0.468 e. The maximum atomic E-state index is 12.5. The highest BCUT2D eigenvalue weighted by Crippen LogP contribution is 2.27. The standard InChI is InChI=1S/C19H34N4O4/c1-4-20-7-5-16(6-8-20)13-23-15(2)18(27-19(23)25)22-11-9-21(10-12-22)14-17(24)26-3/h15-16,18H,4-14H2,1-3H3. The fourth-order valence-electron chi connectivity index (χ4n) is 4.40. The summed E-state index contributed by atoms with van der Waals surface area (Å²) >= 11 is 0. The summed E-state index contributed by atoms with van der Waals surface area (Å²) in [5.74, 6) is 0.364. The minimum atomic E-state index is -0.204. The summed E-state index contributed by atoms with van der Waals surface area (Å²) < 4.78 is 10.5. The van der Waals surface area contributed by atoms with Crippen molar-refractivity contribution in [1.82, 2.24) is 19.6 Å². The number of piperazine rings is 1. The quantitative estimate of drug-likeness (QED) is 0.626. The van der Waals surface area contributed by atoms with E-state index >= 15 is 0 Å². The van der Waals surface area contributed by atoms with Crippen LogP contribution in [-0.4, -0.2) is 110 Å². The molecule has 8 nitrogen and oxygen atoms in total. The minimum absolute atomic E-state index is 0.0638. The molecule has 2 atom stereocenters. The molecule has 3 fully saturated rings. The third-order valence-corrected chi connectivity index (χ3v) is 6.32. The van der Waals surface area contributed by atoms with Crippen LogP contribution in [0.5, 0.6) is 0 Å². The molecule has 3 aliphatic heterocycles. The second kappa shape index (κ2) is 9.21. The predicted octanol–water partition coefficient (Wildman–Crippen LogP) is 0.676. The Morgan fingerprint density at radius 2 is 1.78 bits per heavy atom. The average molecular weight is 383 g/mol. The van der Waals surface area contributed by atoms with Gasteiger partial charge in [-0.1, -0.05) is 6.92 Å². The number of nitrogens with zero attached hydrogens (tertiary/aromatic N) is 4. The van der Waals surface area contributed by atoms with Gasteiger partial charge in [-0.25, -0.2) is 4.79 Å². The van der Waals surface area contributed by atoms with Crippen LogP contribution in [0.1, 0.15) is 26.7 Å². The number of carbonyl (C=O) groups excluding carboxylic acids is 2. The molecule has 2 unspecified atom stereocenters. The lowest BCUT2D eigenvalue weighted by Crippen LogP contribution is -2.54. The Hall–Kier alpha value is -1.38. The molecule has 27 heavy (non-hydrogen) atoms. The zero-order chi connectivity index (χ0) is 19.4. The molecule has 0 spiro atoms. The molecule has 3 saturated heterocycles. The van der Waals surface area contributed by atoms with E-state index in [-0.39, 0.29) is 24.3 Å². The first kappa shape index (κ1) is 20.4. The first-order chi connectivity index (χ1) is 13.0. The van der Waals surface area contributed by atoms with E-state index in [4.69, 9.17) is 9.47 Å². The van der Waals surface area contributed by atoms with Gasteiger partial charge < -0.3 is 19.3 Å². The van der Waals surface area contributed by atoms with Crippen LogP contribution in [0.3, 0.4) is 0 Å². The van der Waals surface area contributed by atoms with Gasteiger partial charge in [0, 0.05) is 32.7 Å². The Balaban J connectivity index is 1.48. The highest BCUT2D eigenvalue weighted by molar-refractivity contribution is 5.71. The first-order valence-electron chi connectivity index (χ1n) is 10.2. The number of ether oxygens (including phenoxy) is 2. The highest BCUT2D eigenvalue weighted by Gasteiger charge is 2.43. The van der Waals surface area contributed by atoms with Gasteiger partial charge in [0.1, 0.15) is 0 Å². The SMILES string of the molecule is CCN1CCC(CN2C(=O)OC(N3CCN(CC(=O)OC)CC3)C2C)CC1. The molecular formula is C19H34N4O4. The zero-order valence-corrected chi connectivity index (χ0v) is 16.9. The van der Waals surface area contributed by atoms with Gasteiger partial charge in [-0.05, 0) is 45.3 Å². The summed E-state index contributed by atoms with van der Waals surface area (Å²) in [4.78, 5) is 32.6.